The minimum atomic E-state index is -0.676. The number of aryl methyl sites for hydroxylation is 1. The SMILES string of the molecule is CCOC(=O)[C@H](CCc1ccccc1)N[C@H](C)C(=O)N1[C@@H]2CNCC[C@H]2C[C@H]1C(=O)OCc1ccccc1. The lowest BCUT2D eigenvalue weighted by Gasteiger charge is -2.36. The largest absolute Gasteiger partial charge is 0.465 e. The molecule has 0 aromatic heterocycles. The van der Waals surface area contributed by atoms with Crippen molar-refractivity contribution in [2.24, 2.45) is 5.92 Å². The highest BCUT2D eigenvalue weighted by Crippen LogP contribution is 2.35. The topological polar surface area (TPSA) is 97.0 Å². The van der Waals surface area contributed by atoms with E-state index in [-0.39, 0.29) is 43.0 Å². The molecule has 2 saturated heterocycles. The molecule has 2 heterocycles. The summed E-state index contributed by atoms with van der Waals surface area (Å²) < 4.78 is 11.0. The third kappa shape index (κ3) is 6.99. The zero-order valence-electron chi connectivity index (χ0n) is 22.3. The highest BCUT2D eigenvalue weighted by atomic mass is 16.5. The first-order valence-corrected chi connectivity index (χ1v) is 13.7. The second-order valence-corrected chi connectivity index (χ2v) is 10.1. The van der Waals surface area contributed by atoms with Crippen LogP contribution in [0.4, 0.5) is 0 Å². The first-order chi connectivity index (χ1) is 18.5. The summed E-state index contributed by atoms with van der Waals surface area (Å²) in [5, 5.41) is 6.59. The van der Waals surface area contributed by atoms with Gasteiger partial charge in [-0.2, -0.15) is 0 Å². The zero-order chi connectivity index (χ0) is 26.9. The van der Waals surface area contributed by atoms with Crippen molar-refractivity contribution in [2.45, 2.75) is 70.3 Å². The maximum absolute atomic E-state index is 13.9. The Kier molecular flexibility index (Phi) is 9.90. The van der Waals surface area contributed by atoms with Crippen LogP contribution in [0, 0.1) is 5.92 Å². The molecule has 0 unspecified atom stereocenters. The van der Waals surface area contributed by atoms with Crippen LogP contribution in [-0.2, 0) is 36.9 Å². The van der Waals surface area contributed by atoms with Crippen LogP contribution in [0.5, 0.6) is 0 Å². The lowest BCUT2D eigenvalue weighted by Crippen LogP contribution is -2.58. The fourth-order valence-electron chi connectivity index (χ4n) is 5.54. The van der Waals surface area contributed by atoms with Crippen LogP contribution in [0.3, 0.4) is 0 Å². The van der Waals surface area contributed by atoms with Crippen LogP contribution in [0.15, 0.2) is 60.7 Å². The molecular formula is C30H39N3O5. The molecule has 0 spiro atoms. The number of ether oxygens (including phenoxy) is 2. The van der Waals surface area contributed by atoms with E-state index in [1.807, 2.05) is 60.7 Å². The molecule has 0 saturated carbocycles. The number of hydrogen-bond acceptors (Lipinski definition) is 7. The Labute approximate surface area is 225 Å². The summed E-state index contributed by atoms with van der Waals surface area (Å²) >= 11 is 0. The van der Waals surface area contributed by atoms with Gasteiger partial charge < -0.3 is 19.7 Å². The third-order valence-corrected chi connectivity index (χ3v) is 7.52. The van der Waals surface area contributed by atoms with Crippen molar-refractivity contribution in [3.63, 3.8) is 0 Å². The zero-order valence-corrected chi connectivity index (χ0v) is 22.3. The van der Waals surface area contributed by atoms with Crippen molar-refractivity contribution < 1.29 is 23.9 Å². The average Bonchev–Trinajstić information content (AvgIpc) is 3.34. The molecule has 0 radical (unpaired) electrons. The van der Waals surface area contributed by atoms with Gasteiger partial charge in [0, 0.05) is 12.6 Å². The Morgan fingerprint density at radius 2 is 1.71 bits per heavy atom. The van der Waals surface area contributed by atoms with Crippen molar-refractivity contribution in [1.82, 2.24) is 15.5 Å². The summed E-state index contributed by atoms with van der Waals surface area (Å²) in [5.41, 5.74) is 2.01. The van der Waals surface area contributed by atoms with Crippen LogP contribution in [0.1, 0.15) is 44.2 Å². The molecule has 5 atom stereocenters. The van der Waals surface area contributed by atoms with Gasteiger partial charge in [-0.1, -0.05) is 60.7 Å². The van der Waals surface area contributed by atoms with Gasteiger partial charge in [0.25, 0.3) is 0 Å². The van der Waals surface area contributed by atoms with Crippen LogP contribution in [-0.4, -0.2) is 66.6 Å². The second-order valence-electron chi connectivity index (χ2n) is 10.1. The highest BCUT2D eigenvalue weighted by Gasteiger charge is 2.49. The highest BCUT2D eigenvalue weighted by molar-refractivity contribution is 5.89. The number of hydrogen-bond donors (Lipinski definition) is 2. The minimum absolute atomic E-state index is 0.0832. The second kappa shape index (κ2) is 13.5. The molecule has 1 amide bonds. The summed E-state index contributed by atoms with van der Waals surface area (Å²) in [7, 11) is 0. The van der Waals surface area contributed by atoms with E-state index < -0.39 is 18.1 Å². The summed E-state index contributed by atoms with van der Waals surface area (Å²) in [6.45, 7) is 5.47. The van der Waals surface area contributed by atoms with Crippen LogP contribution in [0.25, 0.3) is 0 Å². The van der Waals surface area contributed by atoms with Gasteiger partial charge >= 0.3 is 11.9 Å². The number of nitrogens with one attached hydrogen (secondary N) is 2. The lowest BCUT2D eigenvalue weighted by atomic mass is 9.92. The van der Waals surface area contributed by atoms with Gasteiger partial charge in [-0.15, -0.1) is 0 Å². The van der Waals surface area contributed by atoms with Crippen LogP contribution >= 0.6 is 0 Å². The van der Waals surface area contributed by atoms with E-state index in [0.717, 1.165) is 24.1 Å². The molecule has 8 nitrogen and oxygen atoms in total. The molecule has 8 heteroatoms. The van der Waals surface area contributed by atoms with E-state index in [1.165, 1.54) is 0 Å². The molecule has 38 heavy (non-hydrogen) atoms. The molecule has 0 aliphatic carbocycles. The lowest BCUT2D eigenvalue weighted by molar-refractivity contribution is -0.156. The molecule has 0 bridgehead atoms. The molecule has 2 aromatic rings. The minimum Gasteiger partial charge on any atom is -0.465 e. The van der Waals surface area contributed by atoms with Gasteiger partial charge in [-0.05, 0) is 63.1 Å². The number of piperidine rings is 1. The first-order valence-electron chi connectivity index (χ1n) is 13.7. The van der Waals surface area contributed by atoms with Gasteiger partial charge in [0.2, 0.25) is 5.91 Å². The number of nitrogens with zero attached hydrogens (tertiary/aromatic N) is 1. The molecule has 4 rings (SSSR count). The number of benzene rings is 2. The van der Waals surface area contributed by atoms with E-state index in [9.17, 15) is 14.4 Å². The molecule has 2 aromatic carbocycles. The Hall–Kier alpha value is -3.23. The van der Waals surface area contributed by atoms with Crippen molar-refractivity contribution >= 4 is 17.8 Å². The van der Waals surface area contributed by atoms with Gasteiger partial charge in [-0.25, -0.2) is 4.79 Å². The molecule has 204 valence electrons. The number of fused-ring (bicyclic) bond motifs is 1. The standard InChI is InChI=1S/C30H39N3O5/c1-3-37-29(35)25(15-14-22-10-6-4-7-11-22)32-21(2)28(34)33-26(18-24-16-17-31-19-27(24)33)30(36)38-20-23-12-8-5-9-13-23/h4-13,21,24-27,31-32H,3,14-20H2,1-2H3/t21-,24+,25+,26+,27-/m1/s1. The normalized spacial score (nSPS) is 22.3. The Morgan fingerprint density at radius 1 is 1.03 bits per heavy atom. The Balaban J connectivity index is 1.45. The van der Waals surface area contributed by atoms with Gasteiger partial charge in [0.05, 0.1) is 12.6 Å². The van der Waals surface area contributed by atoms with E-state index in [0.29, 0.717) is 25.8 Å². The fourth-order valence-corrected chi connectivity index (χ4v) is 5.54. The van der Waals surface area contributed by atoms with E-state index >= 15 is 0 Å². The van der Waals surface area contributed by atoms with Crippen molar-refractivity contribution in [3.05, 3.63) is 71.8 Å². The maximum atomic E-state index is 13.9. The Morgan fingerprint density at radius 3 is 2.39 bits per heavy atom. The molecular weight excluding hydrogens is 482 g/mol. The number of carbonyl (C=O) groups is 3. The Bertz CT molecular complexity index is 1060. The van der Waals surface area contributed by atoms with E-state index in [2.05, 4.69) is 10.6 Å². The van der Waals surface area contributed by atoms with Crippen LogP contribution < -0.4 is 10.6 Å². The number of rotatable bonds is 11. The molecule has 2 aliphatic rings. The van der Waals surface area contributed by atoms with Gasteiger partial charge in [-0.3, -0.25) is 14.9 Å². The molecule has 2 aliphatic heterocycles. The number of likely N-dealkylation sites (tertiary alicyclic amines) is 1. The first kappa shape index (κ1) is 27.8. The fraction of sp³-hybridized carbons (Fsp3) is 0.500. The monoisotopic (exact) mass is 521 g/mol. The smallest absolute Gasteiger partial charge is 0.329 e. The van der Waals surface area contributed by atoms with Gasteiger partial charge in [0.1, 0.15) is 18.7 Å². The number of amides is 1. The number of carbonyl (C=O) groups excluding carboxylic acids is 3. The van der Waals surface area contributed by atoms with E-state index in [1.54, 1.807) is 18.7 Å². The molecule has 2 N–H and O–H groups in total. The quantitative estimate of drug-likeness (QED) is 0.439. The van der Waals surface area contributed by atoms with Crippen molar-refractivity contribution in [1.29, 1.82) is 0 Å². The van der Waals surface area contributed by atoms with Crippen molar-refractivity contribution in [2.75, 3.05) is 19.7 Å². The molecule has 2 fully saturated rings. The number of esters is 2. The van der Waals surface area contributed by atoms with Gasteiger partial charge in [0.15, 0.2) is 0 Å². The van der Waals surface area contributed by atoms with E-state index in [4.69, 9.17) is 9.47 Å². The average molecular weight is 522 g/mol. The maximum Gasteiger partial charge on any atom is 0.329 e. The summed E-state index contributed by atoms with van der Waals surface area (Å²) in [4.78, 5) is 41.6. The summed E-state index contributed by atoms with van der Waals surface area (Å²) in [6, 6.07) is 17.4. The predicted octanol–water partition coefficient (Wildman–Crippen LogP) is 2.85. The predicted molar refractivity (Wildman–Crippen MR) is 144 cm³/mol. The summed E-state index contributed by atoms with van der Waals surface area (Å²) in [5.74, 6) is -0.715. The van der Waals surface area contributed by atoms with Crippen LogP contribution in [0.2, 0.25) is 0 Å². The van der Waals surface area contributed by atoms with Crippen molar-refractivity contribution in [3.8, 4) is 0 Å². The third-order valence-electron chi connectivity index (χ3n) is 7.52. The summed E-state index contributed by atoms with van der Waals surface area (Å²) in [6.07, 6.45) is 2.66.